The molecule has 1 N–H and O–H groups in total. The Morgan fingerprint density at radius 3 is 2.66 bits per heavy atom. The van der Waals surface area contributed by atoms with Gasteiger partial charge in [0.1, 0.15) is 17.0 Å². The summed E-state index contributed by atoms with van der Waals surface area (Å²) in [5.74, 6) is 0.356. The Labute approximate surface area is 190 Å². The van der Waals surface area contributed by atoms with E-state index in [-0.39, 0.29) is 17.7 Å². The first-order valence-corrected chi connectivity index (χ1v) is 10.6. The number of hydrogen-bond acceptors (Lipinski definition) is 4. The van der Waals surface area contributed by atoms with Crippen LogP contribution in [0.3, 0.4) is 0 Å². The second-order valence-corrected chi connectivity index (χ2v) is 7.79. The number of carbonyl (C=O) groups is 1. The van der Waals surface area contributed by atoms with Crippen molar-refractivity contribution in [1.29, 1.82) is 0 Å². The molecular weight excluding hydrogens is 426 g/mol. The molecule has 0 bridgehead atoms. The summed E-state index contributed by atoms with van der Waals surface area (Å²) < 4.78 is 6.76. The summed E-state index contributed by atoms with van der Waals surface area (Å²) in [6.07, 6.45) is 2.26. The molecule has 32 heavy (non-hydrogen) atoms. The van der Waals surface area contributed by atoms with Gasteiger partial charge in [0, 0.05) is 23.2 Å². The standard InChI is InChI=1S/C25H22ClN3O3/c1-32-21-6-2-4-17(14-21)11-13-28-24(30)22-15-19-5-3-12-27-23(19)29(25(22)31)16-18-7-9-20(26)10-8-18/h2-10,12,14-15H,11,13,16H2,1H3,(H,28,30). The van der Waals surface area contributed by atoms with Gasteiger partial charge in [0.05, 0.1) is 13.7 Å². The zero-order chi connectivity index (χ0) is 22.5. The molecule has 0 saturated carbocycles. The Morgan fingerprint density at radius 2 is 1.88 bits per heavy atom. The van der Waals surface area contributed by atoms with Crippen LogP contribution in [0, 0.1) is 0 Å². The molecule has 0 aliphatic rings. The van der Waals surface area contributed by atoms with Crippen molar-refractivity contribution in [2.45, 2.75) is 13.0 Å². The number of halogens is 1. The highest BCUT2D eigenvalue weighted by atomic mass is 35.5. The van der Waals surface area contributed by atoms with E-state index >= 15 is 0 Å². The molecule has 7 heteroatoms. The van der Waals surface area contributed by atoms with Crippen molar-refractivity contribution in [2.75, 3.05) is 13.7 Å². The molecule has 0 aliphatic heterocycles. The summed E-state index contributed by atoms with van der Waals surface area (Å²) in [6, 6.07) is 20.1. The summed E-state index contributed by atoms with van der Waals surface area (Å²) in [4.78, 5) is 30.5. The Kier molecular flexibility index (Phi) is 6.52. The highest BCUT2D eigenvalue weighted by Gasteiger charge is 2.16. The van der Waals surface area contributed by atoms with Crippen LogP contribution >= 0.6 is 11.6 Å². The number of aromatic nitrogens is 2. The normalized spacial score (nSPS) is 10.8. The molecule has 1 amide bonds. The SMILES string of the molecule is COc1cccc(CCNC(=O)c2cc3cccnc3n(Cc3ccc(Cl)cc3)c2=O)c1. The molecule has 0 aliphatic carbocycles. The zero-order valence-corrected chi connectivity index (χ0v) is 18.3. The van der Waals surface area contributed by atoms with Crippen LogP contribution in [0.1, 0.15) is 21.5 Å². The van der Waals surface area contributed by atoms with Gasteiger partial charge >= 0.3 is 0 Å². The first kappa shape index (κ1) is 21.6. The van der Waals surface area contributed by atoms with Gasteiger partial charge in [-0.05, 0) is 60.0 Å². The molecule has 0 spiro atoms. The summed E-state index contributed by atoms with van der Waals surface area (Å²) in [6.45, 7) is 0.683. The number of rotatable bonds is 7. The second-order valence-electron chi connectivity index (χ2n) is 7.35. The quantitative estimate of drug-likeness (QED) is 0.463. The third kappa shape index (κ3) is 4.81. The van der Waals surface area contributed by atoms with Gasteiger partial charge < -0.3 is 10.1 Å². The van der Waals surface area contributed by atoms with Crippen LogP contribution in [0.25, 0.3) is 11.0 Å². The Bertz CT molecular complexity index is 1320. The van der Waals surface area contributed by atoms with Crippen molar-refractivity contribution >= 4 is 28.5 Å². The number of nitrogens with one attached hydrogen (secondary N) is 1. The van der Waals surface area contributed by atoms with E-state index in [4.69, 9.17) is 16.3 Å². The molecular formula is C25H22ClN3O3. The van der Waals surface area contributed by atoms with Gasteiger partial charge in [-0.25, -0.2) is 4.98 Å². The fraction of sp³-hybridized carbons (Fsp3) is 0.160. The van der Waals surface area contributed by atoms with Crippen molar-refractivity contribution in [1.82, 2.24) is 14.9 Å². The maximum Gasteiger partial charge on any atom is 0.265 e. The lowest BCUT2D eigenvalue weighted by Gasteiger charge is -2.13. The summed E-state index contributed by atoms with van der Waals surface area (Å²) in [5, 5.41) is 4.20. The lowest BCUT2D eigenvalue weighted by Crippen LogP contribution is -2.34. The minimum atomic E-state index is -0.409. The Balaban J connectivity index is 1.59. The van der Waals surface area contributed by atoms with Crippen LogP contribution in [0.15, 0.2) is 77.7 Å². The van der Waals surface area contributed by atoms with Crippen LogP contribution in [0.2, 0.25) is 5.02 Å². The van der Waals surface area contributed by atoms with Gasteiger partial charge in [-0.15, -0.1) is 0 Å². The molecule has 0 atom stereocenters. The van der Waals surface area contributed by atoms with Gasteiger partial charge in [-0.2, -0.15) is 0 Å². The first-order valence-electron chi connectivity index (χ1n) is 10.2. The third-order valence-electron chi connectivity index (χ3n) is 5.18. The van der Waals surface area contributed by atoms with Crippen molar-refractivity contribution in [3.8, 4) is 5.75 Å². The van der Waals surface area contributed by atoms with E-state index in [0.29, 0.717) is 23.6 Å². The molecule has 0 unspecified atom stereocenters. The number of methoxy groups -OCH3 is 1. The second kappa shape index (κ2) is 9.66. The highest BCUT2D eigenvalue weighted by Crippen LogP contribution is 2.15. The number of amides is 1. The van der Waals surface area contributed by atoms with Crippen LogP contribution < -0.4 is 15.6 Å². The molecule has 162 valence electrons. The maximum atomic E-state index is 13.2. The first-order chi connectivity index (χ1) is 15.5. The zero-order valence-electron chi connectivity index (χ0n) is 17.5. The molecule has 0 fully saturated rings. The van der Waals surface area contributed by atoms with Crippen LogP contribution in [0.5, 0.6) is 5.75 Å². The molecule has 4 rings (SSSR count). The van der Waals surface area contributed by atoms with Gasteiger partial charge in [0.15, 0.2) is 0 Å². The van der Waals surface area contributed by atoms with E-state index in [2.05, 4.69) is 10.3 Å². The fourth-order valence-electron chi connectivity index (χ4n) is 3.53. The number of carbonyl (C=O) groups excluding carboxylic acids is 1. The number of nitrogens with zero attached hydrogens (tertiary/aromatic N) is 2. The minimum Gasteiger partial charge on any atom is -0.497 e. The monoisotopic (exact) mass is 447 g/mol. The molecule has 6 nitrogen and oxygen atoms in total. The molecule has 2 aromatic carbocycles. The van der Waals surface area contributed by atoms with Gasteiger partial charge in [0.25, 0.3) is 11.5 Å². The lowest BCUT2D eigenvalue weighted by atomic mass is 10.1. The Hall–Kier alpha value is -3.64. The fourth-order valence-corrected chi connectivity index (χ4v) is 3.66. The number of ether oxygens (including phenoxy) is 1. The van der Waals surface area contributed by atoms with E-state index in [1.54, 1.807) is 37.6 Å². The van der Waals surface area contributed by atoms with Crippen molar-refractivity contribution in [3.63, 3.8) is 0 Å². The average molecular weight is 448 g/mol. The van der Waals surface area contributed by atoms with Crippen LogP contribution in [-0.2, 0) is 13.0 Å². The van der Waals surface area contributed by atoms with Crippen molar-refractivity contribution < 1.29 is 9.53 Å². The third-order valence-corrected chi connectivity index (χ3v) is 5.43. The van der Waals surface area contributed by atoms with Crippen LogP contribution in [-0.4, -0.2) is 29.1 Å². The summed E-state index contributed by atoms with van der Waals surface area (Å²) >= 11 is 5.98. The average Bonchev–Trinajstić information content (AvgIpc) is 2.82. The van der Waals surface area contributed by atoms with E-state index in [9.17, 15) is 9.59 Å². The highest BCUT2D eigenvalue weighted by molar-refractivity contribution is 6.30. The van der Waals surface area contributed by atoms with E-state index in [1.807, 2.05) is 42.5 Å². The molecule has 2 aromatic heterocycles. The van der Waals surface area contributed by atoms with Gasteiger partial charge in [0.2, 0.25) is 0 Å². The van der Waals surface area contributed by atoms with Gasteiger partial charge in [-0.3, -0.25) is 14.2 Å². The summed E-state index contributed by atoms with van der Waals surface area (Å²) in [7, 11) is 1.62. The number of hydrogen-bond donors (Lipinski definition) is 1. The molecule has 0 radical (unpaired) electrons. The smallest absolute Gasteiger partial charge is 0.265 e. The topological polar surface area (TPSA) is 73.2 Å². The molecule has 2 heterocycles. The van der Waals surface area contributed by atoms with Crippen molar-refractivity contribution in [3.05, 3.63) is 105 Å². The number of fused-ring (bicyclic) bond motifs is 1. The van der Waals surface area contributed by atoms with E-state index in [0.717, 1.165) is 22.3 Å². The minimum absolute atomic E-state index is 0.0881. The Morgan fingerprint density at radius 1 is 1.06 bits per heavy atom. The molecule has 0 saturated heterocycles. The maximum absolute atomic E-state index is 13.2. The predicted octanol–water partition coefficient (Wildman–Crippen LogP) is 4.08. The molecule has 4 aromatic rings. The van der Waals surface area contributed by atoms with Crippen LogP contribution in [0.4, 0.5) is 0 Å². The van der Waals surface area contributed by atoms with Gasteiger partial charge in [-0.1, -0.05) is 35.9 Å². The number of pyridine rings is 2. The van der Waals surface area contributed by atoms with E-state index in [1.165, 1.54) is 4.57 Å². The summed E-state index contributed by atoms with van der Waals surface area (Å²) in [5.41, 5.74) is 2.15. The largest absolute Gasteiger partial charge is 0.497 e. The van der Waals surface area contributed by atoms with Crippen molar-refractivity contribution in [2.24, 2.45) is 0 Å². The predicted molar refractivity (Wildman–Crippen MR) is 126 cm³/mol. The van der Waals surface area contributed by atoms with E-state index < -0.39 is 5.91 Å². The lowest BCUT2D eigenvalue weighted by molar-refractivity contribution is 0.0952. The number of benzene rings is 2.